The highest BCUT2D eigenvalue weighted by molar-refractivity contribution is 7.92. The number of nitrogens with one attached hydrogen (secondary N) is 1. The molecule has 2 N–H and O–H groups in total. The Morgan fingerprint density at radius 3 is 2.09 bits per heavy atom. The Morgan fingerprint density at radius 2 is 1.50 bits per heavy atom. The molecule has 2 rings (SSSR count). The normalized spacial score (nSPS) is 12.3. The Bertz CT molecular complexity index is 973. The standard InChI is InChI=1S/C27H39NO5S/c1-3-4-5-6-7-8-9-10-11-12-14-22(2)33-25-19-17-24(18-20-25)28-34(31,32)26-16-13-15-23(21-26)27(29)30/h13,15-22,28H,3-12,14H2,1-2H3,(H,29,30). The maximum atomic E-state index is 12.6. The summed E-state index contributed by atoms with van der Waals surface area (Å²) in [5.74, 6) is -0.485. The van der Waals surface area contributed by atoms with E-state index in [1.165, 1.54) is 76.0 Å². The lowest BCUT2D eigenvalue weighted by Gasteiger charge is -2.15. The lowest BCUT2D eigenvalue weighted by molar-refractivity contribution is 0.0696. The molecule has 0 bridgehead atoms. The molecule has 1 unspecified atom stereocenters. The summed E-state index contributed by atoms with van der Waals surface area (Å²) in [6, 6.07) is 12.0. The Balaban J connectivity index is 1.71. The van der Waals surface area contributed by atoms with Crippen LogP contribution >= 0.6 is 0 Å². The number of sulfonamides is 1. The topological polar surface area (TPSA) is 92.7 Å². The average Bonchev–Trinajstić information content (AvgIpc) is 2.81. The number of carbonyl (C=O) groups is 1. The van der Waals surface area contributed by atoms with E-state index in [0.29, 0.717) is 11.4 Å². The fraction of sp³-hybridized carbons (Fsp3) is 0.519. The molecule has 2 aromatic rings. The number of unbranched alkanes of at least 4 members (excludes halogenated alkanes) is 9. The number of hydrogen-bond acceptors (Lipinski definition) is 4. The van der Waals surface area contributed by atoms with Crippen molar-refractivity contribution in [1.82, 2.24) is 0 Å². The molecule has 0 amide bonds. The molecule has 1 atom stereocenters. The van der Waals surface area contributed by atoms with E-state index in [1.54, 1.807) is 24.3 Å². The highest BCUT2D eigenvalue weighted by atomic mass is 32.2. The largest absolute Gasteiger partial charge is 0.491 e. The Kier molecular flexibility index (Phi) is 11.9. The van der Waals surface area contributed by atoms with Gasteiger partial charge in [0.1, 0.15) is 5.75 Å². The van der Waals surface area contributed by atoms with Crippen LogP contribution < -0.4 is 9.46 Å². The van der Waals surface area contributed by atoms with Gasteiger partial charge in [0.15, 0.2) is 0 Å². The number of rotatable bonds is 17. The minimum Gasteiger partial charge on any atom is -0.491 e. The van der Waals surface area contributed by atoms with Crippen molar-refractivity contribution in [1.29, 1.82) is 0 Å². The van der Waals surface area contributed by atoms with Crippen molar-refractivity contribution in [2.45, 2.75) is 95.5 Å². The highest BCUT2D eigenvalue weighted by Crippen LogP contribution is 2.22. The molecular formula is C27H39NO5S. The fourth-order valence-corrected chi connectivity index (χ4v) is 4.93. The van der Waals surface area contributed by atoms with Crippen molar-refractivity contribution in [2.24, 2.45) is 0 Å². The van der Waals surface area contributed by atoms with Gasteiger partial charge < -0.3 is 9.84 Å². The zero-order valence-electron chi connectivity index (χ0n) is 20.5. The second-order valence-corrected chi connectivity index (χ2v) is 10.5. The Labute approximate surface area is 204 Å². The Morgan fingerprint density at radius 1 is 0.912 bits per heavy atom. The van der Waals surface area contributed by atoms with Crippen LogP contribution in [0.5, 0.6) is 5.75 Å². The van der Waals surface area contributed by atoms with E-state index in [-0.39, 0.29) is 16.6 Å². The number of anilines is 1. The minimum atomic E-state index is -3.89. The Hall–Kier alpha value is -2.54. The van der Waals surface area contributed by atoms with Crippen molar-refractivity contribution in [3.05, 3.63) is 54.1 Å². The van der Waals surface area contributed by atoms with Crippen LogP contribution in [-0.4, -0.2) is 25.6 Å². The van der Waals surface area contributed by atoms with Gasteiger partial charge >= 0.3 is 5.97 Å². The molecule has 6 nitrogen and oxygen atoms in total. The van der Waals surface area contributed by atoms with Crippen LogP contribution in [0.25, 0.3) is 0 Å². The molecule has 34 heavy (non-hydrogen) atoms. The monoisotopic (exact) mass is 489 g/mol. The zero-order valence-corrected chi connectivity index (χ0v) is 21.3. The van der Waals surface area contributed by atoms with Gasteiger partial charge in [-0.25, -0.2) is 13.2 Å². The molecule has 0 aliphatic carbocycles. The lowest BCUT2D eigenvalue weighted by Crippen LogP contribution is -2.14. The van der Waals surface area contributed by atoms with Crippen molar-refractivity contribution in [3.8, 4) is 5.75 Å². The molecule has 0 spiro atoms. The second-order valence-electron chi connectivity index (χ2n) is 8.86. The van der Waals surface area contributed by atoms with E-state index in [0.717, 1.165) is 18.9 Å². The maximum absolute atomic E-state index is 12.6. The van der Waals surface area contributed by atoms with Gasteiger partial charge in [-0.3, -0.25) is 4.72 Å². The summed E-state index contributed by atoms with van der Waals surface area (Å²) < 4.78 is 33.6. The molecule has 0 saturated carbocycles. The van der Waals surface area contributed by atoms with E-state index < -0.39 is 16.0 Å². The minimum absolute atomic E-state index is 0.0805. The van der Waals surface area contributed by atoms with Crippen molar-refractivity contribution < 1.29 is 23.1 Å². The first-order valence-corrected chi connectivity index (χ1v) is 13.9. The first kappa shape index (κ1) is 27.7. The van der Waals surface area contributed by atoms with Crippen LogP contribution in [-0.2, 0) is 10.0 Å². The van der Waals surface area contributed by atoms with Crippen LogP contribution in [0.4, 0.5) is 5.69 Å². The van der Waals surface area contributed by atoms with Gasteiger partial charge in [0.05, 0.1) is 16.6 Å². The van der Waals surface area contributed by atoms with Gasteiger partial charge in [-0.15, -0.1) is 0 Å². The van der Waals surface area contributed by atoms with Crippen LogP contribution in [0, 0.1) is 0 Å². The van der Waals surface area contributed by atoms with Crippen LogP contribution in [0.15, 0.2) is 53.4 Å². The van der Waals surface area contributed by atoms with Crippen molar-refractivity contribution >= 4 is 21.7 Å². The van der Waals surface area contributed by atoms with Gasteiger partial charge in [0, 0.05) is 5.69 Å². The van der Waals surface area contributed by atoms with Gasteiger partial charge in [0.2, 0.25) is 0 Å². The van der Waals surface area contributed by atoms with Gasteiger partial charge in [-0.05, 0) is 62.2 Å². The summed E-state index contributed by atoms with van der Waals surface area (Å²) in [6.07, 6.45) is 14.2. The van der Waals surface area contributed by atoms with Crippen molar-refractivity contribution in [3.63, 3.8) is 0 Å². The first-order valence-electron chi connectivity index (χ1n) is 12.4. The number of carboxylic acid groups (broad SMARTS) is 1. The number of hydrogen-bond donors (Lipinski definition) is 2. The predicted molar refractivity (Wildman–Crippen MR) is 137 cm³/mol. The number of benzene rings is 2. The van der Waals surface area contributed by atoms with Crippen LogP contribution in [0.1, 0.15) is 94.8 Å². The van der Waals surface area contributed by atoms with Crippen LogP contribution in [0.2, 0.25) is 0 Å². The smallest absolute Gasteiger partial charge is 0.335 e. The van der Waals surface area contributed by atoms with Gasteiger partial charge in [-0.1, -0.05) is 70.8 Å². The maximum Gasteiger partial charge on any atom is 0.335 e. The average molecular weight is 490 g/mol. The third-order valence-corrected chi connectivity index (χ3v) is 7.18. The molecule has 0 saturated heterocycles. The third-order valence-electron chi connectivity index (χ3n) is 5.80. The summed E-state index contributed by atoms with van der Waals surface area (Å²) >= 11 is 0. The first-order chi connectivity index (χ1) is 16.3. The summed E-state index contributed by atoms with van der Waals surface area (Å²) in [4.78, 5) is 11.0. The molecule has 0 heterocycles. The zero-order chi connectivity index (χ0) is 24.8. The number of ether oxygens (including phenoxy) is 1. The highest BCUT2D eigenvalue weighted by Gasteiger charge is 2.16. The molecule has 0 fully saturated rings. The van der Waals surface area contributed by atoms with Crippen molar-refractivity contribution in [2.75, 3.05) is 4.72 Å². The molecule has 2 aromatic carbocycles. The molecule has 0 radical (unpaired) electrons. The van der Waals surface area contributed by atoms with E-state index in [9.17, 15) is 13.2 Å². The van der Waals surface area contributed by atoms with Crippen LogP contribution in [0.3, 0.4) is 0 Å². The molecular weight excluding hydrogens is 450 g/mol. The van der Waals surface area contributed by atoms with E-state index in [4.69, 9.17) is 9.84 Å². The summed E-state index contributed by atoms with van der Waals surface area (Å²) in [5, 5.41) is 9.07. The van der Waals surface area contributed by atoms with E-state index in [1.807, 2.05) is 0 Å². The van der Waals surface area contributed by atoms with E-state index >= 15 is 0 Å². The fourth-order valence-electron chi connectivity index (χ4n) is 3.82. The van der Waals surface area contributed by atoms with Gasteiger partial charge in [0.25, 0.3) is 10.0 Å². The summed E-state index contributed by atoms with van der Waals surface area (Å²) in [6.45, 7) is 4.30. The van der Waals surface area contributed by atoms with Gasteiger partial charge in [-0.2, -0.15) is 0 Å². The summed E-state index contributed by atoms with van der Waals surface area (Å²) in [7, 11) is -3.89. The molecule has 188 valence electrons. The predicted octanol–water partition coefficient (Wildman–Crippen LogP) is 7.26. The quantitative estimate of drug-likeness (QED) is 0.228. The molecule has 0 aliphatic heterocycles. The van der Waals surface area contributed by atoms with E-state index in [2.05, 4.69) is 18.6 Å². The molecule has 0 aromatic heterocycles. The second kappa shape index (κ2) is 14.7. The third kappa shape index (κ3) is 10.2. The molecule has 7 heteroatoms. The summed E-state index contributed by atoms with van der Waals surface area (Å²) in [5.41, 5.74) is 0.304. The lowest BCUT2D eigenvalue weighted by atomic mass is 10.0. The number of carboxylic acids is 1. The molecule has 0 aliphatic rings. The number of aromatic carboxylic acids is 1. The SMILES string of the molecule is CCCCCCCCCCCCC(C)Oc1ccc(NS(=O)(=O)c2cccc(C(=O)O)c2)cc1.